The van der Waals surface area contributed by atoms with Crippen LogP contribution in [0.4, 0.5) is 0 Å². The van der Waals surface area contributed by atoms with E-state index in [1.165, 1.54) is 5.75 Å². The Hall–Kier alpha value is -2.75. The number of carboxylic acid groups (broad SMARTS) is 1. The fourth-order valence-electron chi connectivity index (χ4n) is 3.69. The van der Waals surface area contributed by atoms with Gasteiger partial charge in [0, 0.05) is 12.0 Å². The lowest BCUT2D eigenvalue weighted by atomic mass is 9.93. The Labute approximate surface area is 240 Å². The van der Waals surface area contributed by atoms with Crippen LogP contribution in [0.15, 0.2) is 53.1 Å². The summed E-state index contributed by atoms with van der Waals surface area (Å²) in [6, 6.07) is 12.4. The van der Waals surface area contributed by atoms with Crippen molar-refractivity contribution in [3.8, 4) is 11.1 Å². The van der Waals surface area contributed by atoms with E-state index >= 15 is 0 Å². The molecule has 0 radical (unpaired) electrons. The van der Waals surface area contributed by atoms with Gasteiger partial charge in [-0.25, -0.2) is 9.78 Å². The van der Waals surface area contributed by atoms with E-state index in [1.54, 1.807) is 24.0 Å². The third-order valence-electron chi connectivity index (χ3n) is 6.04. The lowest BCUT2D eigenvalue weighted by Crippen LogP contribution is -2.41. The van der Waals surface area contributed by atoms with Crippen LogP contribution in [0.5, 0.6) is 0 Å². The number of aryl methyl sites for hydroxylation is 2. The summed E-state index contributed by atoms with van der Waals surface area (Å²) in [5, 5.41) is 12.2. The van der Waals surface area contributed by atoms with E-state index < -0.39 is 17.9 Å². The van der Waals surface area contributed by atoms with E-state index in [2.05, 4.69) is 23.5 Å². The highest BCUT2D eigenvalue weighted by Crippen LogP contribution is 2.29. The maximum atomic E-state index is 13.2. The zero-order valence-electron chi connectivity index (χ0n) is 23.7. The molecule has 0 aliphatic carbocycles. The van der Waals surface area contributed by atoms with E-state index in [0.29, 0.717) is 36.0 Å². The fraction of sp³-hybridized carbons (Fsp3) is 0.433. The minimum absolute atomic E-state index is 0.277. The number of nitrogens with one attached hydrogen (secondary N) is 1. The Morgan fingerprint density at radius 3 is 2.41 bits per heavy atom. The zero-order valence-corrected chi connectivity index (χ0v) is 25.3. The molecule has 0 aliphatic heterocycles. The second kappa shape index (κ2) is 17.0. The van der Waals surface area contributed by atoms with Crippen molar-refractivity contribution >= 4 is 35.4 Å². The van der Waals surface area contributed by atoms with Crippen molar-refractivity contribution < 1.29 is 23.8 Å². The number of rotatable bonds is 13. The van der Waals surface area contributed by atoms with Gasteiger partial charge in [-0.15, -0.1) is 0 Å². The molecule has 2 aromatic carbocycles. The first-order valence-electron chi connectivity index (χ1n) is 13.0. The monoisotopic (exact) mass is 572 g/mol. The van der Waals surface area contributed by atoms with Gasteiger partial charge in [0.2, 0.25) is 0 Å². The molecule has 212 valence electrons. The van der Waals surface area contributed by atoms with Crippen LogP contribution in [0.2, 0.25) is 0 Å². The molecule has 1 amide bonds. The van der Waals surface area contributed by atoms with Crippen LogP contribution < -0.4 is 5.32 Å². The van der Waals surface area contributed by atoms with E-state index in [0.717, 1.165) is 28.7 Å². The number of carboxylic acids is 1. The zero-order chi connectivity index (χ0) is 28.8. The minimum atomic E-state index is -1.04. The summed E-state index contributed by atoms with van der Waals surface area (Å²) in [7, 11) is 0. The number of hydrogen-bond donors (Lipinski definition) is 2. The molecule has 2 unspecified atom stereocenters. The van der Waals surface area contributed by atoms with Gasteiger partial charge in [-0.3, -0.25) is 4.79 Å². The summed E-state index contributed by atoms with van der Waals surface area (Å²) in [5.74, 6) is 1.77. The molecular weight excluding hydrogens is 532 g/mol. The fourth-order valence-corrected chi connectivity index (χ4v) is 4.16. The average Bonchev–Trinajstić information content (AvgIpc) is 3.43. The van der Waals surface area contributed by atoms with Crippen molar-refractivity contribution in [3.05, 3.63) is 77.0 Å². The smallest absolute Gasteiger partial charge is 0.326 e. The summed E-state index contributed by atoms with van der Waals surface area (Å²) >= 11 is 3.40. The van der Waals surface area contributed by atoms with Gasteiger partial charge in [0.25, 0.3) is 5.91 Å². The minimum Gasteiger partial charge on any atom is -0.480 e. The van der Waals surface area contributed by atoms with Gasteiger partial charge in [-0.1, -0.05) is 44.2 Å². The van der Waals surface area contributed by atoms with Crippen molar-refractivity contribution in [2.24, 2.45) is 0 Å². The molecule has 3 rings (SSSR count). The van der Waals surface area contributed by atoms with E-state index in [-0.39, 0.29) is 6.10 Å². The first-order valence-corrected chi connectivity index (χ1v) is 15.8. The molecule has 0 saturated carbocycles. The number of benzene rings is 2. The summed E-state index contributed by atoms with van der Waals surface area (Å²) < 4.78 is 11.7. The molecule has 1 aromatic heterocycles. The molecule has 0 aliphatic rings. The Morgan fingerprint density at radius 2 is 1.82 bits per heavy atom. The maximum Gasteiger partial charge on any atom is 0.326 e. The summed E-state index contributed by atoms with van der Waals surface area (Å²) in [4.78, 5) is 29.1. The maximum absolute atomic E-state index is 13.2. The van der Waals surface area contributed by atoms with E-state index in [1.807, 2.05) is 75.2 Å². The number of carbonyl (C=O) groups excluding carboxylic acids is 1. The van der Waals surface area contributed by atoms with Gasteiger partial charge in [0.15, 0.2) is 11.7 Å². The van der Waals surface area contributed by atoms with Gasteiger partial charge < -0.3 is 19.6 Å². The van der Waals surface area contributed by atoms with Crippen LogP contribution in [-0.2, 0) is 22.6 Å². The van der Waals surface area contributed by atoms with Gasteiger partial charge >= 0.3 is 5.97 Å². The predicted octanol–water partition coefficient (Wildman–Crippen LogP) is 6.80. The SMILES string of the molecule is CCSC.CCc1ncc(C(C)OCc2ccc(C(=O)NC(CCSC)C(=O)O)c(-c3ccccc3C)c2)o1. The normalized spacial score (nSPS) is 12.3. The summed E-state index contributed by atoms with van der Waals surface area (Å²) in [6.45, 7) is 8.33. The molecule has 9 heteroatoms. The summed E-state index contributed by atoms with van der Waals surface area (Å²) in [5.41, 5.74) is 3.97. The van der Waals surface area contributed by atoms with Crippen molar-refractivity contribution in [3.63, 3.8) is 0 Å². The Bertz CT molecular complexity index is 1200. The number of ether oxygens (including phenoxy) is 1. The van der Waals surface area contributed by atoms with Gasteiger partial charge in [0.05, 0.1) is 12.8 Å². The second-order valence-corrected chi connectivity index (χ2v) is 11.0. The van der Waals surface area contributed by atoms with E-state index in [9.17, 15) is 14.7 Å². The van der Waals surface area contributed by atoms with Crippen LogP contribution in [0.1, 0.15) is 66.4 Å². The van der Waals surface area contributed by atoms with Crippen molar-refractivity contribution in [2.75, 3.05) is 24.0 Å². The van der Waals surface area contributed by atoms with Crippen LogP contribution in [-0.4, -0.2) is 52.0 Å². The lowest BCUT2D eigenvalue weighted by molar-refractivity contribution is -0.139. The number of hydrogen-bond acceptors (Lipinski definition) is 7. The van der Waals surface area contributed by atoms with Crippen molar-refractivity contribution in [2.45, 2.75) is 59.3 Å². The molecule has 0 saturated heterocycles. The molecule has 2 atom stereocenters. The number of carbonyl (C=O) groups is 2. The summed E-state index contributed by atoms with van der Waals surface area (Å²) in [6.07, 6.45) is 6.49. The predicted molar refractivity (Wildman–Crippen MR) is 162 cm³/mol. The molecular formula is C30H40N2O5S2. The van der Waals surface area contributed by atoms with Crippen molar-refractivity contribution in [1.29, 1.82) is 0 Å². The number of amides is 1. The standard InChI is InChI=1S/C27H32N2O5S.C3H8S/c1-5-25-28-15-24(34-25)18(3)33-16-19-10-11-21(22(14-19)20-9-7-6-8-17(20)2)26(30)29-23(27(31)32)12-13-35-4;1-3-4-2/h6-11,14-15,18,23H,5,12-13,16H2,1-4H3,(H,29,30)(H,31,32);3H2,1-2H3. The number of oxazole rings is 1. The van der Waals surface area contributed by atoms with E-state index in [4.69, 9.17) is 9.15 Å². The Kier molecular flexibility index (Phi) is 14.2. The topological polar surface area (TPSA) is 102 Å². The first kappa shape index (κ1) is 32.5. The lowest BCUT2D eigenvalue weighted by Gasteiger charge is -2.18. The molecule has 3 aromatic rings. The number of thioether (sulfide) groups is 2. The highest BCUT2D eigenvalue weighted by atomic mass is 32.2. The van der Waals surface area contributed by atoms with Crippen LogP contribution in [0.25, 0.3) is 11.1 Å². The molecule has 0 fully saturated rings. The molecule has 0 bridgehead atoms. The third kappa shape index (κ3) is 10.1. The Balaban J connectivity index is 0.00000124. The molecule has 39 heavy (non-hydrogen) atoms. The third-order valence-corrected chi connectivity index (χ3v) is 7.26. The van der Waals surface area contributed by atoms with Gasteiger partial charge in [-0.05, 0) is 78.7 Å². The van der Waals surface area contributed by atoms with Crippen LogP contribution >= 0.6 is 23.5 Å². The largest absolute Gasteiger partial charge is 0.480 e. The molecule has 0 spiro atoms. The number of aromatic nitrogens is 1. The average molecular weight is 573 g/mol. The van der Waals surface area contributed by atoms with Gasteiger partial charge in [0.1, 0.15) is 12.1 Å². The van der Waals surface area contributed by atoms with Crippen molar-refractivity contribution in [1.82, 2.24) is 10.3 Å². The number of nitrogens with zero attached hydrogens (tertiary/aromatic N) is 1. The van der Waals surface area contributed by atoms with Crippen LogP contribution in [0.3, 0.4) is 0 Å². The quantitative estimate of drug-likeness (QED) is 0.231. The molecule has 1 heterocycles. The highest BCUT2D eigenvalue weighted by Gasteiger charge is 2.23. The number of aliphatic carboxylic acids is 1. The van der Waals surface area contributed by atoms with Gasteiger partial charge in [-0.2, -0.15) is 23.5 Å². The highest BCUT2D eigenvalue weighted by molar-refractivity contribution is 7.98. The first-order chi connectivity index (χ1) is 18.7. The molecule has 2 N–H and O–H groups in total. The van der Waals surface area contributed by atoms with Crippen LogP contribution in [0, 0.1) is 6.92 Å². The molecule has 7 nitrogen and oxygen atoms in total. The second-order valence-electron chi connectivity index (χ2n) is 8.88. The Morgan fingerprint density at radius 1 is 1.10 bits per heavy atom.